The Balaban J connectivity index is 5.85. The maximum atomic E-state index is 13.3. The van der Waals surface area contributed by atoms with Crippen LogP contribution in [0.15, 0.2) is 12.2 Å². The van der Waals surface area contributed by atoms with Gasteiger partial charge >= 0.3 is 35.0 Å². The summed E-state index contributed by atoms with van der Waals surface area (Å²) in [4.78, 5) is 23.0. The molecule has 0 saturated heterocycles. The third-order valence-corrected chi connectivity index (χ3v) is 3.87. The highest BCUT2D eigenvalue weighted by Gasteiger charge is 2.67. The molecule has 0 fully saturated rings. The fourth-order valence-electron chi connectivity index (χ4n) is 1.44. The molecule has 164 valence electrons. The minimum absolute atomic E-state index is 0.619. The molecule has 0 bridgehead atoms. The Kier molecular flexibility index (Phi) is 7.63. The van der Waals surface area contributed by atoms with Crippen molar-refractivity contribution in [1.82, 2.24) is 5.32 Å². The van der Waals surface area contributed by atoms with Crippen molar-refractivity contribution in [3.8, 4) is 0 Å². The zero-order valence-corrected chi connectivity index (χ0v) is 14.8. The minimum atomic E-state index is -6.89. The van der Waals surface area contributed by atoms with E-state index in [0.717, 1.165) is 6.92 Å². The molecule has 0 aliphatic carbocycles. The number of hydrogen-bond donors (Lipinski definition) is 1. The van der Waals surface area contributed by atoms with Crippen molar-refractivity contribution in [2.24, 2.45) is 0 Å². The summed E-state index contributed by atoms with van der Waals surface area (Å²) in [6.07, 6.45) is -8.35. The molecule has 0 aliphatic rings. The highest BCUT2D eigenvalue weighted by molar-refractivity contribution is 7.86. The van der Waals surface area contributed by atoms with E-state index in [4.69, 9.17) is 0 Å². The summed E-state index contributed by atoms with van der Waals surface area (Å²) >= 11 is 0. The van der Waals surface area contributed by atoms with Crippen LogP contribution in [0.5, 0.6) is 0 Å². The average Bonchev–Trinajstić information content (AvgIpc) is 2.50. The number of amides is 1. The van der Waals surface area contributed by atoms with Crippen molar-refractivity contribution in [3.05, 3.63) is 12.2 Å². The topological polar surface area (TPSA) is 122 Å². The molecule has 28 heavy (non-hydrogen) atoms. The third kappa shape index (κ3) is 5.11. The molecule has 0 radical (unpaired) electrons. The SMILES string of the molecule is C=C(C)C(=O)OC(OCCC(F)(F)C(F)(F)S(=O)(=O)[O-])(C(=O)NC)C(F)(F)F. The predicted octanol–water partition coefficient (Wildman–Crippen LogP) is 1.29. The number of carbonyl (C=O) groups is 2. The van der Waals surface area contributed by atoms with E-state index in [2.05, 4.69) is 16.1 Å². The van der Waals surface area contributed by atoms with Crippen molar-refractivity contribution in [1.29, 1.82) is 0 Å². The Hall–Kier alpha value is -1.94. The van der Waals surface area contributed by atoms with E-state index in [1.807, 2.05) is 0 Å². The largest absolute Gasteiger partial charge is 0.743 e. The molecule has 0 heterocycles. The molecule has 1 unspecified atom stereocenters. The van der Waals surface area contributed by atoms with Crippen LogP contribution < -0.4 is 5.32 Å². The van der Waals surface area contributed by atoms with Gasteiger partial charge in [0.05, 0.1) is 6.61 Å². The second-order valence-corrected chi connectivity index (χ2v) is 6.56. The first-order chi connectivity index (χ1) is 12.3. The van der Waals surface area contributed by atoms with Crippen molar-refractivity contribution >= 4 is 22.0 Å². The number of ether oxygens (including phenoxy) is 2. The van der Waals surface area contributed by atoms with E-state index in [0.29, 0.717) is 7.05 Å². The lowest BCUT2D eigenvalue weighted by molar-refractivity contribution is -0.349. The first-order valence-electron chi connectivity index (χ1n) is 6.79. The molecular weight excluding hydrogens is 435 g/mol. The summed E-state index contributed by atoms with van der Waals surface area (Å²) in [6.45, 7) is 1.72. The Morgan fingerprint density at radius 3 is 1.89 bits per heavy atom. The smallest absolute Gasteiger partial charge is 0.466 e. The van der Waals surface area contributed by atoms with Crippen molar-refractivity contribution < 1.29 is 62.8 Å². The fraction of sp³-hybridized carbons (Fsp3) is 0.667. The minimum Gasteiger partial charge on any atom is -0.743 e. The predicted molar refractivity (Wildman–Crippen MR) is 73.9 cm³/mol. The van der Waals surface area contributed by atoms with Gasteiger partial charge in [-0.1, -0.05) is 6.58 Å². The van der Waals surface area contributed by atoms with E-state index in [-0.39, 0.29) is 0 Å². The van der Waals surface area contributed by atoms with Crippen molar-refractivity contribution in [2.45, 2.75) is 36.5 Å². The molecule has 8 nitrogen and oxygen atoms in total. The van der Waals surface area contributed by atoms with Gasteiger partial charge in [0.2, 0.25) is 0 Å². The molecule has 0 aliphatic heterocycles. The third-order valence-electron chi connectivity index (χ3n) is 2.95. The zero-order chi connectivity index (χ0) is 22.8. The van der Waals surface area contributed by atoms with Crippen LogP contribution in [0.1, 0.15) is 13.3 Å². The molecule has 0 aromatic heterocycles. The maximum Gasteiger partial charge on any atom is 0.466 e. The van der Waals surface area contributed by atoms with Gasteiger partial charge in [-0.25, -0.2) is 13.2 Å². The summed E-state index contributed by atoms with van der Waals surface area (Å²) in [5.41, 5.74) is -0.671. The monoisotopic (exact) mass is 448 g/mol. The second kappa shape index (κ2) is 8.20. The first-order valence-corrected chi connectivity index (χ1v) is 8.20. The van der Waals surface area contributed by atoms with Gasteiger partial charge in [0.1, 0.15) is 0 Å². The van der Waals surface area contributed by atoms with Gasteiger partial charge in [0.15, 0.2) is 10.1 Å². The van der Waals surface area contributed by atoms with Crippen LogP contribution in [0.4, 0.5) is 30.7 Å². The van der Waals surface area contributed by atoms with Gasteiger partial charge in [0.25, 0.3) is 0 Å². The van der Waals surface area contributed by atoms with E-state index < -0.39 is 63.7 Å². The molecule has 0 aromatic rings. The van der Waals surface area contributed by atoms with E-state index in [1.165, 1.54) is 5.32 Å². The summed E-state index contributed by atoms with van der Waals surface area (Å²) in [5.74, 6) is -14.3. The van der Waals surface area contributed by atoms with E-state index >= 15 is 0 Å². The lowest BCUT2D eigenvalue weighted by atomic mass is 10.2. The molecule has 16 heteroatoms. The van der Waals surface area contributed by atoms with E-state index in [9.17, 15) is 53.3 Å². The van der Waals surface area contributed by atoms with Gasteiger partial charge in [-0.15, -0.1) is 0 Å². The number of carbonyl (C=O) groups excluding carboxylic acids is 2. The molecule has 0 spiro atoms. The van der Waals surface area contributed by atoms with Crippen molar-refractivity contribution in [3.63, 3.8) is 0 Å². The lowest BCUT2D eigenvalue weighted by Crippen LogP contribution is -2.61. The molecule has 0 rings (SSSR count). The summed E-state index contributed by atoms with van der Waals surface area (Å²) in [6, 6.07) is 0. The van der Waals surface area contributed by atoms with Crippen LogP contribution in [0, 0.1) is 0 Å². The normalized spacial score (nSPS) is 15.5. The van der Waals surface area contributed by atoms with Crippen LogP contribution in [0.2, 0.25) is 0 Å². The Morgan fingerprint density at radius 1 is 1.11 bits per heavy atom. The van der Waals surface area contributed by atoms with Gasteiger partial charge in [0, 0.05) is 19.0 Å². The molecule has 1 N–H and O–H groups in total. The number of likely N-dealkylation sites (N-methyl/N-ethyl adjacent to an activating group) is 1. The van der Waals surface area contributed by atoms with Crippen LogP contribution >= 0.6 is 0 Å². The van der Waals surface area contributed by atoms with Crippen LogP contribution in [-0.4, -0.2) is 61.6 Å². The number of esters is 1. The van der Waals surface area contributed by atoms with Crippen molar-refractivity contribution in [2.75, 3.05) is 13.7 Å². The van der Waals surface area contributed by atoms with Gasteiger partial charge in [-0.05, 0) is 6.92 Å². The number of alkyl halides is 7. The first kappa shape index (κ1) is 26.1. The Morgan fingerprint density at radius 2 is 1.57 bits per heavy atom. The quantitative estimate of drug-likeness (QED) is 0.185. The maximum absolute atomic E-state index is 13.3. The van der Waals surface area contributed by atoms with Crippen LogP contribution in [0.3, 0.4) is 0 Å². The molecule has 0 aromatic carbocycles. The summed E-state index contributed by atoms with van der Waals surface area (Å²) in [7, 11) is -6.27. The number of halogens is 7. The van der Waals surface area contributed by atoms with Gasteiger partial charge in [-0.2, -0.15) is 30.7 Å². The average molecular weight is 448 g/mol. The standard InChI is InChI=1S/C12H14F7NO7S/c1-6(2)7(21)27-10(8(22)20-3,11(15,16)17)26-5-4-9(13,14)12(18,19)28(23,24)25/h1,4-5H2,2-3H3,(H,20,22)(H,23,24,25)/p-1. The number of rotatable bonds is 9. The number of hydrogen-bond acceptors (Lipinski definition) is 7. The molecule has 0 saturated carbocycles. The molecule has 1 amide bonds. The molecule has 1 atom stereocenters. The second-order valence-electron chi connectivity index (χ2n) is 5.14. The number of nitrogens with one attached hydrogen (secondary N) is 1. The Labute approximate surface area is 153 Å². The van der Waals surface area contributed by atoms with Crippen LogP contribution in [-0.2, 0) is 29.2 Å². The highest BCUT2D eigenvalue weighted by Crippen LogP contribution is 2.42. The molecular formula is C12H13F7NO7S-. The Bertz CT molecular complexity index is 735. The fourth-order valence-corrected chi connectivity index (χ4v) is 1.91. The summed E-state index contributed by atoms with van der Waals surface area (Å²) < 4.78 is 131. The highest BCUT2D eigenvalue weighted by atomic mass is 32.2. The van der Waals surface area contributed by atoms with Crippen LogP contribution in [0.25, 0.3) is 0 Å². The lowest BCUT2D eigenvalue weighted by Gasteiger charge is -2.34. The van der Waals surface area contributed by atoms with Gasteiger partial charge in [-0.3, -0.25) is 4.79 Å². The van der Waals surface area contributed by atoms with E-state index in [1.54, 1.807) is 0 Å². The summed E-state index contributed by atoms with van der Waals surface area (Å²) in [5, 5.41) is -4.80. The zero-order valence-electron chi connectivity index (χ0n) is 14.0. The van der Waals surface area contributed by atoms with Gasteiger partial charge < -0.3 is 19.3 Å².